The number of aliphatic hydroxyl groups is 1. The first-order valence-electron chi connectivity index (χ1n) is 14.8. The summed E-state index contributed by atoms with van der Waals surface area (Å²) < 4.78 is 56.7. The van der Waals surface area contributed by atoms with Gasteiger partial charge < -0.3 is 16.2 Å². The number of aromatic nitrogens is 1. The molecule has 4 N–H and O–H groups in total. The van der Waals surface area contributed by atoms with Gasteiger partial charge in [-0.05, 0) is 93.8 Å². The summed E-state index contributed by atoms with van der Waals surface area (Å²) in [6.45, 7) is 14.9. The van der Waals surface area contributed by atoms with Crippen molar-refractivity contribution < 1.29 is 22.7 Å². The zero-order chi connectivity index (χ0) is 32.6. The Morgan fingerprint density at radius 1 is 1.16 bits per heavy atom. The van der Waals surface area contributed by atoms with Gasteiger partial charge in [0.2, 0.25) is 0 Å². The molecule has 0 spiro atoms. The summed E-state index contributed by atoms with van der Waals surface area (Å²) in [5.41, 5.74) is 12.1. The molecule has 44 heavy (non-hydrogen) atoms. The number of anilines is 1. The molecule has 1 heterocycles. The van der Waals surface area contributed by atoms with Crippen LogP contribution in [0.25, 0.3) is 17.0 Å². The average molecular weight is 609 g/mol. The van der Waals surface area contributed by atoms with E-state index in [-0.39, 0.29) is 23.7 Å². The molecule has 0 aliphatic heterocycles. The Hall–Kier alpha value is -3.94. The lowest BCUT2D eigenvalue weighted by atomic mass is 9.76. The molecule has 2 aromatic carbocycles. The summed E-state index contributed by atoms with van der Waals surface area (Å²) in [4.78, 5) is 8.67. The van der Waals surface area contributed by atoms with Crippen molar-refractivity contribution in [3.8, 4) is 11.3 Å². The molecule has 1 aliphatic carbocycles. The molecule has 1 aliphatic rings. The average Bonchev–Trinajstić information content (AvgIpc) is 3.74. The van der Waals surface area contributed by atoms with E-state index in [1.165, 1.54) is 13.1 Å². The van der Waals surface area contributed by atoms with Crippen molar-refractivity contribution in [3.05, 3.63) is 93.6 Å². The van der Waals surface area contributed by atoms with Gasteiger partial charge in [-0.3, -0.25) is 9.98 Å². The molecule has 1 fully saturated rings. The van der Waals surface area contributed by atoms with Crippen LogP contribution in [0.4, 0.5) is 23.2 Å². The van der Waals surface area contributed by atoms with E-state index < -0.39 is 34.8 Å². The van der Waals surface area contributed by atoms with Crippen LogP contribution >= 0.6 is 0 Å². The number of nitrogens with zero attached hydrogens (tertiary/aromatic N) is 2. The van der Waals surface area contributed by atoms with Crippen molar-refractivity contribution in [2.45, 2.75) is 84.0 Å². The number of hydrogen-bond acceptors (Lipinski definition) is 5. The molecule has 0 saturated heterocycles. The van der Waals surface area contributed by atoms with Crippen LogP contribution in [0.3, 0.4) is 0 Å². The molecular formula is C35H40F4N4O. The van der Waals surface area contributed by atoms with Crippen LogP contribution in [0, 0.1) is 31.3 Å². The van der Waals surface area contributed by atoms with Crippen LogP contribution < -0.4 is 11.1 Å². The fourth-order valence-corrected chi connectivity index (χ4v) is 5.56. The standard InChI is InChI=1S/C35H40F4N4O/c1-8-19(3)25-15-31(43-33(21(25)5)26-14-28(38)29(39)16-27(26)37)34(7,35(44)10-11-35)18-42-30(9-2)23-12-20(4)32(40)24(13-23)17-41-22(6)36/h12-17,19,22,42,44H,2,8,10-11,18,40H2,1,3-7H3/b41-17+. The Morgan fingerprint density at radius 3 is 2.41 bits per heavy atom. The Bertz CT molecular complexity index is 1660. The van der Waals surface area contributed by atoms with Gasteiger partial charge in [0.25, 0.3) is 0 Å². The minimum Gasteiger partial charge on any atom is -0.398 e. The summed E-state index contributed by atoms with van der Waals surface area (Å²) in [6, 6.07) is 6.90. The number of rotatable bonds is 11. The smallest absolute Gasteiger partial charge is 0.187 e. The topological polar surface area (TPSA) is 83.5 Å². The number of aryl methyl sites for hydroxylation is 1. The minimum atomic E-state index is -1.39. The fourth-order valence-electron chi connectivity index (χ4n) is 5.56. The number of nitrogens with two attached hydrogens (primary N) is 1. The summed E-state index contributed by atoms with van der Waals surface area (Å²) in [5, 5.41) is 15.1. The van der Waals surface area contributed by atoms with Crippen LogP contribution in [0.15, 0.2) is 47.6 Å². The highest BCUT2D eigenvalue weighted by Gasteiger charge is 2.57. The third-order valence-electron chi connectivity index (χ3n) is 8.96. The molecular weight excluding hydrogens is 568 g/mol. The number of pyridine rings is 1. The minimum absolute atomic E-state index is 0.0448. The number of alkyl halides is 1. The summed E-state index contributed by atoms with van der Waals surface area (Å²) in [7, 11) is 0. The molecule has 0 amide bonds. The highest BCUT2D eigenvalue weighted by atomic mass is 19.2. The van der Waals surface area contributed by atoms with E-state index in [0.29, 0.717) is 52.7 Å². The molecule has 1 saturated carbocycles. The lowest BCUT2D eigenvalue weighted by Gasteiger charge is -2.36. The monoisotopic (exact) mass is 608 g/mol. The molecule has 3 atom stereocenters. The zero-order valence-electron chi connectivity index (χ0n) is 26.1. The quantitative estimate of drug-likeness (QED) is 0.0518. The molecule has 3 unspecified atom stereocenters. The van der Waals surface area contributed by atoms with Crippen molar-refractivity contribution in [3.63, 3.8) is 0 Å². The Kier molecular flexibility index (Phi) is 9.43. The predicted octanol–water partition coefficient (Wildman–Crippen LogP) is 7.81. The number of nitrogens with one attached hydrogen (secondary N) is 1. The molecule has 234 valence electrons. The molecule has 1 aromatic heterocycles. The van der Waals surface area contributed by atoms with E-state index in [1.54, 1.807) is 13.0 Å². The number of halogens is 4. The summed E-state index contributed by atoms with van der Waals surface area (Å²) in [6.07, 6.45) is 1.81. The molecule has 4 rings (SSSR count). The van der Waals surface area contributed by atoms with Crippen LogP contribution in [0.5, 0.6) is 0 Å². The largest absolute Gasteiger partial charge is 0.398 e. The van der Waals surface area contributed by atoms with Crippen LogP contribution in [-0.4, -0.2) is 34.7 Å². The van der Waals surface area contributed by atoms with E-state index in [1.807, 2.05) is 39.8 Å². The normalized spacial score (nSPS) is 16.7. The van der Waals surface area contributed by atoms with E-state index in [0.717, 1.165) is 23.6 Å². The Balaban J connectivity index is 1.82. The van der Waals surface area contributed by atoms with Crippen molar-refractivity contribution in [2.24, 2.45) is 4.99 Å². The van der Waals surface area contributed by atoms with Crippen molar-refractivity contribution in [1.82, 2.24) is 10.3 Å². The first-order chi connectivity index (χ1) is 20.6. The van der Waals surface area contributed by atoms with Gasteiger partial charge in [0.05, 0.1) is 28.1 Å². The van der Waals surface area contributed by atoms with Gasteiger partial charge in [-0.2, -0.15) is 0 Å². The SMILES string of the molecule is C=C=C(NCC(C)(c1cc(C(C)CC)c(C)c(-c2cc(F)c(F)cc2F)n1)C1(O)CC1)c1cc(C)c(N)c(/C=N/C(C)F)c1. The maximum absolute atomic E-state index is 15.1. The summed E-state index contributed by atoms with van der Waals surface area (Å²) >= 11 is 0. The maximum Gasteiger partial charge on any atom is 0.187 e. The summed E-state index contributed by atoms with van der Waals surface area (Å²) in [5.74, 6) is -3.33. The van der Waals surface area contributed by atoms with Crippen molar-refractivity contribution in [2.75, 3.05) is 12.3 Å². The second kappa shape index (κ2) is 12.6. The molecule has 5 nitrogen and oxygen atoms in total. The van der Waals surface area contributed by atoms with Gasteiger partial charge >= 0.3 is 0 Å². The highest BCUT2D eigenvalue weighted by molar-refractivity contribution is 5.90. The Labute approximate surface area is 256 Å². The van der Waals surface area contributed by atoms with Crippen LogP contribution in [0.1, 0.15) is 86.4 Å². The van der Waals surface area contributed by atoms with Crippen LogP contribution in [0.2, 0.25) is 0 Å². The van der Waals surface area contributed by atoms with Gasteiger partial charge in [-0.1, -0.05) is 20.4 Å². The number of nitrogen functional groups attached to an aromatic ring is 1. The van der Waals surface area contributed by atoms with Gasteiger partial charge in [0, 0.05) is 41.2 Å². The first-order valence-corrected chi connectivity index (χ1v) is 14.8. The molecule has 9 heteroatoms. The van der Waals surface area contributed by atoms with Gasteiger partial charge in [-0.25, -0.2) is 17.6 Å². The van der Waals surface area contributed by atoms with Gasteiger partial charge in [-0.15, -0.1) is 5.73 Å². The highest BCUT2D eigenvalue weighted by Crippen LogP contribution is 2.52. The lowest BCUT2D eigenvalue weighted by Crippen LogP contribution is -2.47. The number of aliphatic imine (C=N–C) groups is 1. The van der Waals surface area contributed by atoms with Gasteiger partial charge in [0.15, 0.2) is 17.9 Å². The molecule has 3 aromatic rings. The number of benzene rings is 2. The lowest BCUT2D eigenvalue weighted by molar-refractivity contribution is 0.0633. The molecule has 0 bridgehead atoms. The van der Waals surface area contributed by atoms with Crippen molar-refractivity contribution >= 4 is 17.6 Å². The van der Waals surface area contributed by atoms with E-state index in [9.17, 15) is 18.3 Å². The maximum atomic E-state index is 15.1. The van der Waals surface area contributed by atoms with Crippen LogP contribution in [-0.2, 0) is 5.41 Å². The predicted molar refractivity (Wildman–Crippen MR) is 169 cm³/mol. The fraction of sp³-hybridized carbons (Fsp3) is 0.400. The van der Waals surface area contributed by atoms with E-state index >= 15 is 4.39 Å². The van der Waals surface area contributed by atoms with E-state index in [4.69, 9.17) is 10.7 Å². The Morgan fingerprint density at radius 2 is 1.82 bits per heavy atom. The number of hydrogen-bond donors (Lipinski definition) is 3. The molecule has 0 radical (unpaired) electrons. The third kappa shape index (κ3) is 6.30. The van der Waals surface area contributed by atoms with Crippen molar-refractivity contribution in [1.29, 1.82) is 0 Å². The second-order valence-electron chi connectivity index (χ2n) is 12.0. The van der Waals surface area contributed by atoms with Gasteiger partial charge in [0.1, 0.15) is 5.82 Å². The zero-order valence-corrected chi connectivity index (χ0v) is 26.1. The first kappa shape index (κ1) is 33.0. The third-order valence-corrected chi connectivity index (χ3v) is 8.96. The van der Waals surface area contributed by atoms with E-state index in [2.05, 4.69) is 22.6 Å². The second-order valence-corrected chi connectivity index (χ2v) is 12.0.